The summed E-state index contributed by atoms with van der Waals surface area (Å²) in [7, 11) is 0. The van der Waals surface area contributed by atoms with Gasteiger partial charge in [-0.05, 0) is 37.2 Å². The van der Waals surface area contributed by atoms with Crippen LogP contribution in [-0.4, -0.2) is 29.1 Å². The third-order valence-electron chi connectivity index (χ3n) is 4.91. The zero-order chi connectivity index (χ0) is 16.7. The Labute approximate surface area is 137 Å². The minimum Gasteiger partial charge on any atom is -0.481 e. The van der Waals surface area contributed by atoms with E-state index < -0.39 is 11.4 Å². The van der Waals surface area contributed by atoms with Crippen LogP contribution in [0.1, 0.15) is 44.6 Å². The lowest BCUT2D eigenvalue weighted by atomic mass is 9.69. The number of carboxylic acid groups (broad SMARTS) is 1. The summed E-state index contributed by atoms with van der Waals surface area (Å²) in [4.78, 5) is 28.6. The van der Waals surface area contributed by atoms with Crippen molar-refractivity contribution in [2.75, 3.05) is 6.54 Å². The van der Waals surface area contributed by atoms with E-state index in [4.69, 9.17) is 4.84 Å². The second-order valence-electron chi connectivity index (χ2n) is 6.38. The first-order valence-electron chi connectivity index (χ1n) is 8.22. The van der Waals surface area contributed by atoms with Crippen LogP contribution in [-0.2, 0) is 21.0 Å². The monoisotopic (exact) mass is 319 g/mol. The Kier molecular flexibility index (Phi) is 6.16. The van der Waals surface area contributed by atoms with Gasteiger partial charge in [0.05, 0.1) is 12.0 Å². The van der Waals surface area contributed by atoms with E-state index in [0.717, 1.165) is 29.9 Å². The predicted octanol–water partition coefficient (Wildman–Crippen LogP) is 3.25. The van der Waals surface area contributed by atoms with Gasteiger partial charge < -0.3 is 5.11 Å². The summed E-state index contributed by atoms with van der Waals surface area (Å²) in [6.07, 6.45) is 4.65. The maximum absolute atomic E-state index is 11.8. The molecule has 5 heteroatoms. The van der Waals surface area contributed by atoms with E-state index in [-0.39, 0.29) is 13.2 Å². The van der Waals surface area contributed by atoms with Gasteiger partial charge in [-0.1, -0.05) is 43.7 Å². The van der Waals surface area contributed by atoms with Crippen molar-refractivity contribution in [3.63, 3.8) is 0 Å². The molecule has 126 valence electrons. The molecule has 1 saturated carbocycles. The molecule has 1 aliphatic rings. The van der Waals surface area contributed by atoms with Gasteiger partial charge >= 0.3 is 5.97 Å². The van der Waals surface area contributed by atoms with Crippen molar-refractivity contribution >= 4 is 12.4 Å². The van der Waals surface area contributed by atoms with Gasteiger partial charge in [-0.25, -0.2) is 5.06 Å². The van der Waals surface area contributed by atoms with Gasteiger partial charge in [0.25, 0.3) is 0 Å². The zero-order valence-corrected chi connectivity index (χ0v) is 13.6. The number of hydrogen-bond donors (Lipinski definition) is 1. The van der Waals surface area contributed by atoms with Gasteiger partial charge in [0, 0.05) is 0 Å². The number of hydroxylamine groups is 2. The number of amides is 1. The van der Waals surface area contributed by atoms with Crippen LogP contribution in [0.3, 0.4) is 0 Å². The number of aliphatic carboxylic acids is 1. The molecule has 1 aromatic rings. The summed E-state index contributed by atoms with van der Waals surface area (Å²) in [6, 6.07) is 9.51. The first-order chi connectivity index (χ1) is 11.1. The van der Waals surface area contributed by atoms with Crippen LogP contribution in [0.25, 0.3) is 0 Å². The summed E-state index contributed by atoms with van der Waals surface area (Å²) in [5.41, 5.74) is 0.0573. The van der Waals surface area contributed by atoms with Crippen molar-refractivity contribution in [2.24, 2.45) is 11.3 Å². The lowest BCUT2D eigenvalue weighted by Crippen LogP contribution is -2.45. The Morgan fingerprint density at radius 3 is 2.52 bits per heavy atom. The number of nitrogens with zero attached hydrogens (tertiary/aromatic N) is 1. The summed E-state index contributed by atoms with van der Waals surface area (Å²) < 4.78 is 0. The number of carboxylic acids is 1. The van der Waals surface area contributed by atoms with Gasteiger partial charge in [0.1, 0.15) is 6.61 Å². The number of carbonyl (C=O) groups is 2. The van der Waals surface area contributed by atoms with Gasteiger partial charge in [0.2, 0.25) is 6.41 Å². The van der Waals surface area contributed by atoms with Crippen molar-refractivity contribution in [1.82, 2.24) is 5.06 Å². The molecule has 0 saturated heterocycles. The van der Waals surface area contributed by atoms with Crippen LogP contribution in [0.15, 0.2) is 30.3 Å². The normalized spacial score (nSPS) is 24.1. The minimum atomic E-state index is -0.886. The minimum absolute atomic E-state index is 0.106. The van der Waals surface area contributed by atoms with E-state index in [1.807, 2.05) is 30.3 Å². The third kappa shape index (κ3) is 4.55. The number of hydrogen-bond acceptors (Lipinski definition) is 3. The van der Waals surface area contributed by atoms with Crippen LogP contribution < -0.4 is 0 Å². The molecule has 5 nitrogen and oxygen atoms in total. The smallest absolute Gasteiger partial charge is 0.311 e. The average Bonchev–Trinajstić information content (AvgIpc) is 2.60. The maximum atomic E-state index is 11.8. The number of rotatable bonds is 8. The topological polar surface area (TPSA) is 66.8 Å². The molecule has 1 aromatic carbocycles. The highest BCUT2D eigenvalue weighted by Gasteiger charge is 2.43. The summed E-state index contributed by atoms with van der Waals surface area (Å²) >= 11 is 0. The Morgan fingerprint density at radius 2 is 2.00 bits per heavy atom. The molecule has 0 aromatic heterocycles. The number of carbonyl (C=O) groups excluding carboxylic acids is 1. The van der Waals surface area contributed by atoms with E-state index in [1.165, 1.54) is 0 Å². The summed E-state index contributed by atoms with van der Waals surface area (Å²) in [5, 5.41) is 10.8. The molecule has 1 N–H and O–H groups in total. The molecule has 0 aliphatic heterocycles. The molecule has 0 atom stereocenters. The molecule has 0 bridgehead atoms. The van der Waals surface area contributed by atoms with Crippen molar-refractivity contribution in [3.05, 3.63) is 35.9 Å². The largest absolute Gasteiger partial charge is 0.481 e. The molecular weight excluding hydrogens is 294 g/mol. The molecule has 0 spiro atoms. The van der Waals surface area contributed by atoms with Crippen LogP contribution in [0.4, 0.5) is 0 Å². The Morgan fingerprint density at radius 1 is 1.35 bits per heavy atom. The summed E-state index contributed by atoms with van der Waals surface area (Å²) in [5.74, 6) is -0.236. The molecular formula is C18H25NO4. The van der Waals surface area contributed by atoms with Gasteiger partial charge in [-0.2, -0.15) is 0 Å². The van der Waals surface area contributed by atoms with Gasteiger partial charge in [-0.3, -0.25) is 14.4 Å². The van der Waals surface area contributed by atoms with E-state index >= 15 is 0 Å². The molecule has 1 fully saturated rings. The first-order valence-corrected chi connectivity index (χ1v) is 8.22. The second kappa shape index (κ2) is 8.11. The quantitative estimate of drug-likeness (QED) is 0.590. The lowest BCUT2D eigenvalue weighted by Gasteiger charge is -2.38. The van der Waals surface area contributed by atoms with Crippen LogP contribution in [0.2, 0.25) is 0 Å². The highest BCUT2D eigenvalue weighted by Crippen LogP contribution is 2.41. The Balaban J connectivity index is 1.97. The maximum Gasteiger partial charge on any atom is 0.311 e. The van der Waals surface area contributed by atoms with Crippen LogP contribution in [0.5, 0.6) is 0 Å². The van der Waals surface area contributed by atoms with E-state index in [1.54, 1.807) is 0 Å². The fourth-order valence-electron chi connectivity index (χ4n) is 3.22. The van der Waals surface area contributed by atoms with E-state index in [0.29, 0.717) is 25.2 Å². The van der Waals surface area contributed by atoms with Crippen molar-refractivity contribution in [2.45, 2.75) is 45.6 Å². The molecule has 1 aliphatic carbocycles. The zero-order valence-electron chi connectivity index (χ0n) is 13.6. The second-order valence-corrected chi connectivity index (χ2v) is 6.38. The fraction of sp³-hybridized carbons (Fsp3) is 0.556. The molecule has 0 unspecified atom stereocenters. The average molecular weight is 319 g/mol. The van der Waals surface area contributed by atoms with E-state index in [2.05, 4.69) is 6.92 Å². The Bertz CT molecular complexity index is 509. The SMILES string of the molecule is CC[C@H]1CC[C@@](CN(C=O)OCc2ccccc2)(C(=O)O)CC1. The molecule has 2 rings (SSSR count). The molecule has 0 heterocycles. The lowest BCUT2D eigenvalue weighted by molar-refractivity contribution is -0.194. The van der Waals surface area contributed by atoms with Gasteiger partial charge in [0.15, 0.2) is 0 Å². The van der Waals surface area contributed by atoms with Crippen LogP contribution in [0, 0.1) is 11.3 Å². The highest BCUT2D eigenvalue weighted by molar-refractivity contribution is 5.75. The van der Waals surface area contributed by atoms with Crippen molar-refractivity contribution < 1.29 is 19.5 Å². The highest BCUT2D eigenvalue weighted by atomic mass is 16.7. The number of benzene rings is 1. The van der Waals surface area contributed by atoms with E-state index in [9.17, 15) is 14.7 Å². The van der Waals surface area contributed by atoms with Gasteiger partial charge in [-0.15, -0.1) is 0 Å². The third-order valence-corrected chi connectivity index (χ3v) is 4.91. The molecule has 0 radical (unpaired) electrons. The fourth-order valence-corrected chi connectivity index (χ4v) is 3.22. The first kappa shape index (κ1) is 17.5. The van der Waals surface area contributed by atoms with Crippen molar-refractivity contribution in [1.29, 1.82) is 0 Å². The van der Waals surface area contributed by atoms with Crippen molar-refractivity contribution in [3.8, 4) is 0 Å². The standard InChI is InChI=1S/C18H25NO4/c1-2-15-8-10-18(11-9-15,17(21)22)13-19(14-20)23-12-16-6-4-3-5-7-16/h3-7,14-15H,2,8-13H2,1H3,(H,21,22)/t15-,18+. The predicted molar refractivity (Wildman–Crippen MR) is 86.3 cm³/mol. The molecule has 23 heavy (non-hydrogen) atoms. The summed E-state index contributed by atoms with van der Waals surface area (Å²) in [6.45, 7) is 2.50. The Hall–Kier alpha value is -1.88. The van der Waals surface area contributed by atoms with Crippen LogP contribution >= 0.6 is 0 Å². The molecule has 1 amide bonds.